The molecule has 2 aliphatic heterocycles. The van der Waals surface area contributed by atoms with Gasteiger partial charge in [-0.15, -0.1) is 0 Å². The fourth-order valence-electron chi connectivity index (χ4n) is 2.77. The molecule has 30 heavy (non-hydrogen) atoms. The number of imide groups is 1. The molecule has 6 N–H and O–H groups in total. The van der Waals surface area contributed by atoms with Crippen molar-refractivity contribution in [3.63, 3.8) is 0 Å². The van der Waals surface area contributed by atoms with Crippen LogP contribution in [0.5, 0.6) is 5.75 Å². The SMILES string of the molecule is C[C@H]1[C@H](N)C(=O)N1C(=O)NS(=O)(=O)N1CCN(NC(=O)c2cc(=O)c(O)c[nH]2)C1=O. The van der Waals surface area contributed by atoms with Gasteiger partial charge in [-0.3, -0.25) is 24.7 Å². The van der Waals surface area contributed by atoms with Crippen molar-refractivity contribution < 1.29 is 32.7 Å². The highest BCUT2D eigenvalue weighted by Gasteiger charge is 2.48. The second-order valence-electron chi connectivity index (χ2n) is 6.43. The van der Waals surface area contributed by atoms with E-state index in [0.717, 1.165) is 12.3 Å². The summed E-state index contributed by atoms with van der Waals surface area (Å²) in [5, 5.41) is 9.83. The lowest BCUT2D eigenvalue weighted by atomic mass is 9.99. The van der Waals surface area contributed by atoms with Gasteiger partial charge in [0.15, 0.2) is 5.75 Å². The van der Waals surface area contributed by atoms with Crippen LogP contribution in [0, 0.1) is 0 Å². The summed E-state index contributed by atoms with van der Waals surface area (Å²) >= 11 is 0. The van der Waals surface area contributed by atoms with Crippen LogP contribution in [0.2, 0.25) is 0 Å². The summed E-state index contributed by atoms with van der Waals surface area (Å²) in [5.41, 5.74) is 6.44. The summed E-state index contributed by atoms with van der Waals surface area (Å²) < 4.78 is 26.6. The van der Waals surface area contributed by atoms with E-state index in [1.807, 2.05) is 0 Å². The summed E-state index contributed by atoms with van der Waals surface area (Å²) in [6.45, 7) is 0.785. The molecule has 1 aromatic heterocycles. The Balaban J connectivity index is 1.66. The highest BCUT2D eigenvalue weighted by molar-refractivity contribution is 7.88. The number of hydrogen-bond donors (Lipinski definition) is 5. The van der Waals surface area contributed by atoms with Crippen molar-refractivity contribution in [1.29, 1.82) is 0 Å². The molecule has 0 saturated carbocycles. The van der Waals surface area contributed by atoms with Crippen LogP contribution in [0.25, 0.3) is 0 Å². The molecule has 16 heteroatoms. The number of urea groups is 2. The summed E-state index contributed by atoms with van der Waals surface area (Å²) in [4.78, 5) is 62.5. The van der Waals surface area contributed by atoms with Gasteiger partial charge < -0.3 is 15.8 Å². The van der Waals surface area contributed by atoms with Gasteiger partial charge in [-0.05, 0) is 6.92 Å². The molecule has 0 radical (unpaired) electrons. The molecule has 2 aliphatic rings. The van der Waals surface area contributed by atoms with Crippen LogP contribution >= 0.6 is 0 Å². The molecule has 2 atom stereocenters. The van der Waals surface area contributed by atoms with Gasteiger partial charge >= 0.3 is 22.3 Å². The van der Waals surface area contributed by atoms with Crippen molar-refractivity contribution in [3.8, 4) is 5.75 Å². The third-order valence-electron chi connectivity index (χ3n) is 4.52. The topological polar surface area (TPSA) is 215 Å². The Morgan fingerprint density at radius 3 is 2.53 bits per heavy atom. The van der Waals surface area contributed by atoms with Crippen LogP contribution < -0.4 is 21.3 Å². The number of aromatic hydroxyl groups is 1. The van der Waals surface area contributed by atoms with Gasteiger partial charge in [0.25, 0.3) is 5.91 Å². The second kappa shape index (κ2) is 7.30. The largest absolute Gasteiger partial charge is 0.503 e. The first kappa shape index (κ1) is 21.1. The zero-order chi connectivity index (χ0) is 22.4. The number of H-pyrrole nitrogens is 1. The van der Waals surface area contributed by atoms with Crippen molar-refractivity contribution in [2.24, 2.45) is 5.73 Å². The predicted molar refractivity (Wildman–Crippen MR) is 96.7 cm³/mol. The zero-order valence-corrected chi connectivity index (χ0v) is 16.2. The molecule has 0 aromatic carbocycles. The second-order valence-corrected chi connectivity index (χ2v) is 8.03. The third kappa shape index (κ3) is 3.52. The number of nitrogens with zero attached hydrogens (tertiary/aromatic N) is 3. The number of pyridine rings is 1. The molecule has 6 amide bonds. The van der Waals surface area contributed by atoms with E-state index < -0.39 is 63.9 Å². The van der Waals surface area contributed by atoms with Crippen LogP contribution in [-0.2, 0) is 15.0 Å². The first-order valence-electron chi connectivity index (χ1n) is 8.41. The Morgan fingerprint density at radius 1 is 1.27 bits per heavy atom. The number of nitrogens with one attached hydrogen (secondary N) is 3. The van der Waals surface area contributed by atoms with Gasteiger partial charge in [-0.1, -0.05) is 0 Å². The Morgan fingerprint density at radius 2 is 1.93 bits per heavy atom. The minimum absolute atomic E-state index is 0.258. The smallest absolute Gasteiger partial charge is 0.353 e. The lowest BCUT2D eigenvalue weighted by molar-refractivity contribution is -0.142. The molecule has 3 heterocycles. The first-order valence-corrected chi connectivity index (χ1v) is 9.85. The number of aromatic amines is 1. The standard InChI is InChI=1S/C14H17N7O8S/c1-6-10(15)12(25)21(6)13(26)18-30(28,29)20-3-2-19(14(20)27)17-11(24)7-4-8(22)9(23)5-16-7/h4-6,10,23H,2-3,15H2,1H3,(H,16,22)(H,17,24)(H,18,26)/t6-,10-/m0/s1. The minimum atomic E-state index is -4.67. The summed E-state index contributed by atoms with van der Waals surface area (Å²) in [6.07, 6.45) is 0.874. The number of aromatic nitrogens is 1. The van der Waals surface area contributed by atoms with Gasteiger partial charge in [-0.2, -0.15) is 8.42 Å². The van der Waals surface area contributed by atoms with Crippen LogP contribution in [0.3, 0.4) is 0 Å². The maximum Gasteiger partial charge on any atom is 0.353 e. The van der Waals surface area contributed by atoms with Crippen LogP contribution in [-0.4, -0.2) is 81.8 Å². The number of carbonyl (C=O) groups excluding carboxylic acids is 4. The third-order valence-corrected chi connectivity index (χ3v) is 5.87. The number of carbonyl (C=O) groups is 4. The molecular weight excluding hydrogens is 426 g/mol. The minimum Gasteiger partial charge on any atom is -0.503 e. The van der Waals surface area contributed by atoms with Crippen molar-refractivity contribution in [2.45, 2.75) is 19.0 Å². The van der Waals surface area contributed by atoms with Gasteiger partial charge in [-0.25, -0.2) is 23.6 Å². The van der Waals surface area contributed by atoms with E-state index in [1.54, 1.807) is 4.72 Å². The highest BCUT2D eigenvalue weighted by atomic mass is 32.2. The number of β-lactam (4-membered cyclic amide) rings is 1. The van der Waals surface area contributed by atoms with Crippen molar-refractivity contribution in [1.82, 2.24) is 29.3 Å². The predicted octanol–water partition coefficient (Wildman–Crippen LogP) is -3.02. The van der Waals surface area contributed by atoms with E-state index in [0.29, 0.717) is 14.2 Å². The number of hydrazine groups is 1. The van der Waals surface area contributed by atoms with Crippen LogP contribution in [0.1, 0.15) is 17.4 Å². The summed E-state index contributed by atoms with van der Waals surface area (Å²) in [6, 6.07) is -3.29. The van der Waals surface area contributed by atoms with Crippen molar-refractivity contribution in [3.05, 3.63) is 28.2 Å². The van der Waals surface area contributed by atoms with E-state index in [9.17, 15) is 37.5 Å². The molecule has 15 nitrogen and oxygen atoms in total. The molecule has 162 valence electrons. The summed E-state index contributed by atoms with van der Waals surface area (Å²) in [7, 11) is -4.67. The average molecular weight is 443 g/mol. The molecule has 0 unspecified atom stereocenters. The molecule has 0 spiro atoms. The molecule has 1 aromatic rings. The Labute approximate surface area is 168 Å². The number of rotatable bonds is 4. The maximum atomic E-state index is 12.4. The van der Waals surface area contributed by atoms with Gasteiger partial charge in [0.2, 0.25) is 11.3 Å². The lowest BCUT2D eigenvalue weighted by Gasteiger charge is -2.41. The molecular formula is C14H17N7O8S. The fourth-order valence-corrected chi connectivity index (χ4v) is 3.82. The Bertz CT molecular complexity index is 1100. The molecule has 2 saturated heterocycles. The number of likely N-dealkylation sites (tertiary alicyclic amines) is 1. The Kier molecular flexibility index (Phi) is 5.13. The maximum absolute atomic E-state index is 12.4. The van der Waals surface area contributed by atoms with Crippen molar-refractivity contribution in [2.75, 3.05) is 13.1 Å². The Hall–Kier alpha value is -3.66. The highest BCUT2D eigenvalue weighted by Crippen LogP contribution is 2.19. The zero-order valence-electron chi connectivity index (χ0n) is 15.4. The number of hydrogen-bond acceptors (Lipinski definition) is 9. The van der Waals surface area contributed by atoms with Gasteiger partial charge in [0.1, 0.15) is 11.7 Å². The number of amides is 6. The average Bonchev–Trinajstić information content (AvgIpc) is 3.04. The molecule has 2 fully saturated rings. The fraction of sp³-hybridized carbons (Fsp3) is 0.357. The summed E-state index contributed by atoms with van der Waals surface area (Å²) in [5.74, 6) is -2.33. The molecule has 3 rings (SSSR count). The lowest BCUT2D eigenvalue weighted by Crippen LogP contribution is -2.71. The number of nitrogens with two attached hydrogens (primary N) is 1. The van der Waals surface area contributed by atoms with Crippen molar-refractivity contribution >= 4 is 34.1 Å². The van der Waals surface area contributed by atoms with E-state index in [4.69, 9.17) is 5.73 Å². The van der Waals surface area contributed by atoms with Gasteiger partial charge in [0.05, 0.1) is 19.1 Å². The van der Waals surface area contributed by atoms with E-state index in [-0.39, 0.29) is 12.2 Å². The first-order chi connectivity index (χ1) is 13.9. The van der Waals surface area contributed by atoms with Crippen LogP contribution in [0.15, 0.2) is 17.1 Å². The monoisotopic (exact) mass is 443 g/mol. The quantitative estimate of drug-likeness (QED) is 0.299. The van der Waals surface area contributed by atoms with E-state index >= 15 is 0 Å². The normalized spacial score (nSPS) is 21.5. The van der Waals surface area contributed by atoms with E-state index in [2.05, 4.69) is 10.4 Å². The molecule has 0 aliphatic carbocycles. The molecule has 0 bridgehead atoms. The van der Waals surface area contributed by atoms with E-state index in [1.165, 1.54) is 6.92 Å². The van der Waals surface area contributed by atoms with Gasteiger partial charge in [0, 0.05) is 12.3 Å². The van der Waals surface area contributed by atoms with Crippen LogP contribution in [0.4, 0.5) is 9.59 Å².